The fourth-order valence-corrected chi connectivity index (χ4v) is 10.9. The Hall–Kier alpha value is -5.77. The molecule has 14 nitrogen and oxygen atoms in total. The van der Waals surface area contributed by atoms with E-state index in [0.717, 1.165) is 53.5 Å². The number of nitrogens with zero attached hydrogens (tertiary/aromatic N) is 6. The second kappa shape index (κ2) is 21.0. The van der Waals surface area contributed by atoms with Gasteiger partial charge in [0, 0.05) is 107 Å². The lowest BCUT2D eigenvalue weighted by Gasteiger charge is -2.31. The van der Waals surface area contributed by atoms with Gasteiger partial charge in [-0.1, -0.05) is 59.7 Å². The molecule has 9 rings (SSSR count). The van der Waals surface area contributed by atoms with Crippen molar-refractivity contribution < 1.29 is 44.2 Å². The Labute approximate surface area is 384 Å². The number of piperidine rings is 1. The first-order chi connectivity index (χ1) is 31.4. The fraction of sp³-hybridized carbons (Fsp3) is 0.347. The van der Waals surface area contributed by atoms with Gasteiger partial charge in [0.25, 0.3) is 0 Å². The smallest absolute Gasteiger partial charge is 0.243 e. The van der Waals surface area contributed by atoms with E-state index >= 15 is 0 Å². The molecule has 4 aromatic carbocycles. The van der Waals surface area contributed by atoms with E-state index in [1.54, 1.807) is 12.1 Å². The van der Waals surface area contributed by atoms with Gasteiger partial charge in [-0.25, -0.2) is 8.42 Å². The van der Waals surface area contributed by atoms with Crippen LogP contribution < -0.4 is 32.6 Å². The van der Waals surface area contributed by atoms with E-state index in [9.17, 15) is 13.2 Å². The first-order valence-corrected chi connectivity index (χ1v) is 23.5. The molecule has 0 atom stereocenters. The summed E-state index contributed by atoms with van der Waals surface area (Å²) in [5.74, 6) is 0.263. The van der Waals surface area contributed by atoms with Crippen LogP contribution in [0.1, 0.15) is 24.0 Å². The molecule has 1 N–H and O–H groups in total. The lowest BCUT2D eigenvalue weighted by molar-refractivity contribution is -0.126. The van der Waals surface area contributed by atoms with Crippen molar-refractivity contribution in [3.63, 3.8) is 0 Å². The summed E-state index contributed by atoms with van der Waals surface area (Å²) in [5.41, 5.74) is 17.2. The molecule has 1 amide bonds. The Balaban J connectivity index is 0.00000576. The van der Waals surface area contributed by atoms with E-state index < -0.39 is 10.0 Å². The Morgan fingerprint density at radius 3 is 2.34 bits per heavy atom. The predicted octanol–water partition coefficient (Wildman–Crippen LogP) is 4.44. The normalized spacial score (nSPS) is 16.0. The topological polar surface area (TPSA) is 162 Å². The summed E-state index contributed by atoms with van der Waals surface area (Å²) in [7, 11) is -3.98. The van der Waals surface area contributed by atoms with Crippen molar-refractivity contribution in [3.05, 3.63) is 136 Å². The highest BCUT2D eigenvalue weighted by molar-refractivity contribution is 7.89. The Kier molecular flexibility index (Phi) is 14.8. The maximum atomic E-state index is 14.8. The number of amides is 1. The summed E-state index contributed by atoms with van der Waals surface area (Å²) >= 11 is 0. The second-order valence-corrected chi connectivity index (χ2v) is 18.1. The Morgan fingerprint density at radius 1 is 0.800 bits per heavy atom. The third-order valence-corrected chi connectivity index (χ3v) is 14.3. The van der Waals surface area contributed by atoms with Gasteiger partial charge in [0.2, 0.25) is 27.0 Å². The molecule has 65 heavy (non-hydrogen) atoms. The molecule has 1 saturated heterocycles. The molecule has 0 bridgehead atoms. The van der Waals surface area contributed by atoms with Crippen LogP contribution in [0.25, 0.3) is 43.9 Å². The van der Waals surface area contributed by atoms with Gasteiger partial charge >= 0.3 is 0 Å². The molecule has 16 heteroatoms. The highest BCUT2D eigenvalue weighted by Crippen LogP contribution is 2.45. The van der Waals surface area contributed by atoms with Crippen molar-refractivity contribution in [2.45, 2.75) is 30.6 Å². The summed E-state index contributed by atoms with van der Waals surface area (Å²) in [6.45, 7) is 5.04. The number of benzene rings is 5. The van der Waals surface area contributed by atoms with Gasteiger partial charge in [0.1, 0.15) is 11.3 Å². The zero-order valence-corrected chi connectivity index (χ0v) is 37.7. The molecule has 0 aromatic heterocycles. The number of para-hydroxylation sites is 2. The minimum atomic E-state index is -3.98. The Bertz CT molecular complexity index is 2860. The van der Waals surface area contributed by atoms with Gasteiger partial charge in [0.15, 0.2) is 6.54 Å². The van der Waals surface area contributed by atoms with Crippen LogP contribution in [0, 0.1) is 5.92 Å². The standard InChI is InChI=1S/C49H51N7O7S.ClH/c50-53-52-22-28-61-30-32-62-31-29-60-27-21-51-49(57)37-17-23-54(24-18-37)64(58,59)47-12-6-3-9-42(47)48-40-15-13-38(55-25-19-35-7-1-4-10-43(35)55)33-45(40)63-46-34-39(14-16-41(46)48)56-26-20-36-8-2-5-11-44(36)56;/h1-16,33-34,37H,17-32H2;1H. The zero-order chi connectivity index (χ0) is 43.9. The fourth-order valence-electron chi connectivity index (χ4n) is 9.18. The maximum absolute atomic E-state index is 14.8. The second-order valence-electron chi connectivity index (χ2n) is 16.2. The van der Waals surface area contributed by atoms with Gasteiger partial charge in [0.05, 0.1) is 50.6 Å². The van der Waals surface area contributed by atoms with Crippen LogP contribution in [0.4, 0.5) is 17.1 Å². The lowest BCUT2D eigenvalue weighted by atomic mass is 9.93. The van der Waals surface area contributed by atoms with Crippen molar-refractivity contribution in [2.24, 2.45) is 11.0 Å². The third-order valence-electron chi connectivity index (χ3n) is 12.4. The summed E-state index contributed by atoms with van der Waals surface area (Å²) in [6.07, 6.45) is 2.73. The SMILES string of the molecule is [Cl-].[N-]=[N+]=NCCOCCOCCOCCNC(=O)C1CCN(S(=O)(=O)c2ccccc2-c2c3ccc(=[N+]4CCc5ccccc54)cc-3oc3cc(N4CCc5ccccc54)ccc23)CC1. The number of fused-ring (bicyclic) bond motifs is 4. The number of hydrogen-bond donors (Lipinski definition) is 1. The number of halogens is 1. The van der Waals surface area contributed by atoms with Gasteiger partial charge < -0.3 is 41.3 Å². The summed E-state index contributed by atoms with van der Waals surface area (Å²) in [6, 6.07) is 36.7. The van der Waals surface area contributed by atoms with Crippen LogP contribution in [0.15, 0.2) is 124 Å². The molecule has 0 unspecified atom stereocenters. The average Bonchev–Trinajstić information content (AvgIpc) is 3.97. The van der Waals surface area contributed by atoms with Crippen LogP contribution in [-0.2, 0) is 41.9 Å². The summed E-state index contributed by atoms with van der Waals surface area (Å²) in [4.78, 5) is 18.4. The number of ether oxygens (including phenoxy) is 3. The minimum Gasteiger partial charge on any atom is -1.00 e. The quantitative estimate of drug-likeness (QED) is 0.0351. The Morgan fingerprint density at radius 2 is 1.52 bits per heavy atom. The molecule has 0 radical (unpaired) electrons. The van der Waals surface area contributed by atoms with Crippen LogP contribution in [0.3, 0.4) is 0 Å². The van der Waals surface area contributed by atoms with Gasteiger partial charge in [-0.3, -0.25) is 4.79 Å². The zero-order valence-electron chi connectivity index (χ0n) is 36.1. The molecule has 1 aliphatic carbocycles. The maximum Gasteiger partial charge on any atom is 0.243 e. The van der Waals surface area contributed by atoms with Crippen LogP contribution >= 0.6 is 0 Å². The van der Waals surface area contributed by atoms with Crippen molar-refractivity contribution in [2.75, 3.05) is 83.8 Å². The van der Waals surface area contributed by atoms with Crippen LogP contribution in [-0.4, -0.2) is 97.5 Å². The highest BCUT2D eigenvalue weighted by atomic mass is 35.5. The predicted molar refractivity (Wildman–Crippen MR) is 246 cm³/mol. The van der Waals surface area contributed by atoms with Gasteiger partial charge in [-0.05, 0) is 60.7 Å². The molecule has 1 fully saturated rings. The molecule has 0 spiro atoms. The van der Waals surface area contributed by atoms with E-state index in [1.165, 1.54) is 26.8 Å². The van der Waals surface area contributed by atoms with Gasteiger partial charge in [-0.15, -0.1) is 0 Å². The number of carbonyl (C=O) groups is 1. The number of azide groups is 1. The number of sulfonamides is 1. The number of hydrogen-bond acceptors (Lipinski definition) is 9. The van der Waals surface area contributed by atoms with E-state index in [1.807, 2.05) is 12.1 Å². The first kappa shape index (κ1) is 45.8. The molecule has 338 valence electrons. The van der Waals surface area contributed by atoms with Gasteiger partial charge in [-0.2, -0.15) is 8.88 Å². The third kappa shape index (κ3) is 9.92. The summed E-state index contributed by atoms with van der Waals surface area (Å²) in [5, 5.41) is 8.19. The van der Waals surface area contributed by atoms with Crippen molar-refractivity contribution in [1.29, 1.82) is 0 Å². The number of rotatable bonds is 17. The molecular formula is C49H52ClN7O7S. The van der Waals surface area contributed by atoms with Crippen molar-refractivity contribution in [3.8, 4) is 22.5 Å². The molecule has 5 aliphatic rings. The van der Waals surface area contributed by atoms with E-state index in [-0.39, 0.29) is 48.8 Å². The number of nitrogens with one attached hydrogen (secondary N) is 1. The largest absolute Gasteiger partial charge is 1.00 e. The molecule has 4 aliphatic heterocycles. The molecule has 4 aromatic rings. The monoisotopic (exact) mass is 917 g/mol. The van der Waals surface area contributed by atoms with Crippen LogP contribution in [0.2, 0.25) is 0 Å². The average molecular weight is 919 g/mol. The highest BCUT2D eigenvalue weighted by Gasteiger charge is 2.35. The minimum absolute atomic E-state index is 0. The number of carbonyl (C=O) groups excluding carboxylic acids is 1. The molecule has 0 saturated carbocycles. The van der Waals surface area contributed by atoms with Crippen LogP contribution in [0.5, 0.6) is 0 Å². The van der Waals surface area contributed by atoms with E-state index in [4.69, 9.17) is 24.2 Å². The number of anilines is 2. The lowest BCUT2D eigenvalue weighted by Crippen LogP contribution is -3.00. The molecule has 4 heterocycles. The van der Waals surface area contributed by atoms with Crippen molar-refractivity contribution in [1.82, 2.24) is 14.2 Å². The van der Waals surface area contributed by atoms with E-state index in [0.29, 0.717) is 75.9 Å². The van der Waals surface area contributed by atoms with E-state index in [2.05, 4.69) is 110 Å². The summed E-state index contributed by atoms with van der Waals surface area (Å²) < 4.78 is 56.6. The first-order valence-electron chi connectivity index (χ1n) is 22.1. The molecular weight excluding hydrogens is 866 g/mol. The van der Waals surface area contributed by atoms with Crippen molar-refractivity contribution >= 4 is 44.0 Å².